The third-order valence-electron chi connectivity index (χ3n) is 2.06. The number of amides is 1. The monoisotopic (exact) mass is 249 g/mol. The second kappa shape index (κ2) is 5.50. The lowest BCUT2D eigenvalue weighted by atomic mass is 10.1. The van der Waals surface area contributed by atoms with E-state index in [2.05, 4.69) is 10.6 Å². The van der Waals surface area contributed by atoms with E-state index in [-0.39, 0.29) is 23.6 Å². The first-order valence-electron chi connectivity index (χ1n) is 5.56. The summed E-state index contributed by atoms with van der Waals surface area (Å²) < 4.78 is 12.9. The Morgan fingerprint density at radius 2 is 2.11 bits per heavy atom. The summed E-state index contributed by atoms with van der Waals surface area (Å²) in [5.74, 6) is -0.660. The zero-order chi connectivity index (χ0) is 13.8. The van der Waals surface area contributed by atoms with Crippen LogP contribution in [0.25, 0.3) is 0 Å². The number of carbonyl (C=O) groups excluding carboxylic acids is 1. The van der Waals surface area contributed by atoms with Crippen molar-refractivity contribution in [3.05, 3.63) is 29.6 Å². The van der Waals surface area contributed by atoms with Crippen molar-refractivity contribution in [3.8, 4) is 6.07 Å². The van der Waals surface area contributed by atoms with E-state index >= 15 is 0 Å². The number of halogens is 1. The van der Waals surface area contributed by atoms with Gasteiger partial charge in [0.15, 0.2) is 0 Å². The van der Waals surface area contributed by atoms with Crippen LogP contribution < -0.4 is 10.6 Å². The molecule has 18 heavy (non-hydrogen) atoms. The molecule has 0 saturated carbocycles. The van der Waals surface area contributed by atoms with Crippen molar-refractivity contribution in [1.29, 1.82) is 5.26 Å². The van der Waals surface area contributed by atoms with Gasteiger partial charge in [-0.1, -0.05) is 0 Å². The van der Waals surface area contributed by atoms with Crippen LogP contribution in [0.3, 0.4) is 0 Å². The van der Waals surface area contributed by atoms with Gasteiger partial charge in [0.1, 0.15) is 11.9 Å². The molecule has 0 unspecified atom stereocenters. The molecule has 0 bridgehead atoms. The Morgan fingerprint density at radius 3 is 2.67 bits per heavy atom. The zero-order valence-corrected chi connectivity index (χ0v) is 10.7. The maximum Gasteiger partial charge on any atom is 0.239 e. The number of anilines is 1. The molecule has 0 atom stereocenters. The number of nitriles is 1. The highest BCUT2D eigenvalue weighted by molar-refractivity contribution is 5.81. The summed E-state index contributed by atoms with van der Waals surface area (Å²) in [7, 11) is 0. The molecule has 96 valence electrons. The number of hydrogen-bond donors (Lipinski definition) is 2. The minimum atomic E-state index is -0.476. The third kappa shape index (κ3) is 4.42. The van der Waals surface area contributed by atoms with Gasteiger partial charge >= 0.3 is 0 Å². The van der Waals surface area contributed by atoms with E-state index in [0.717, 1.165) is 6.07 Å². The molecular weight excluding hydrogens is 233 g/mol. The Balaban J connectivity index is 2.65. The number of nitrogens with zero attached hydrogens (tertiary/aromatic N) is 1. The van der Waals surface area contributed by atoms with Crippen molar-refractivity contribution in [2.24, 2.45) is 0 Å². The van der Waals surface area contributed by atoms with Crippen molar-refractivity contribution >= 4 is 11.6 Å². The summed E-state index contributed by atoms with van der Waals surface area (Å²) in [5.41, 5.74) is 0.320. The second-order valence-electron chi connectivity index (χ2n) is 4.95. The molecule has 1 rings (SSSR count). The van der Waals surface area contributed by atoms with E-state index in [9.17, 15) is 9.18 Å². The van der Waals surface area contributed by atoms with Crippen LogP contribution >= 0.6 is 0 Å². The van der Waals surface area contributed by atoms with Gasteiger partial charge in [0.05, 0.1) is 17.8 Å². The van der Waals surface area contributed by atoms with Crippen LogP contribution in [0.1, 0.15) is 26.3 Å². The quantitative estimate of drug-likeness (QED) is 0.861. The smallest absolute Gasteiger partial charge is 0.239 e. The van der Waals surface area contributed by atoms with Gasteiger partial charge in [-0.05, 0) is 39.0 Å². The average Bonchev–Trinajstić information content (AvgIpc) is 2.24. The van der Waals surface area contributed by atoms with Gasteiger partial charge in [0.2, 0.25) is 5.91 Å². The third-order valence-corrected chi connectivity index (χ3v) is 2.06. The predicted molar refractivity (Wildman–Crippen MR) is 67.5 cm³/mol. The molecule has 2 N–H and O–H groups in total. The van der Waals surface area contributed by atoms with Gasteiger partial charge in [-0.3, -0.25) is 4.79 Å². The topological polar surface area (TPSA) is 64.9 Å². The van der Waals surface area contributed by atoms with Gasteiger partial charge in [-0.2, -0.15) is 5.26 Å². The standard InChI is InChI=1S/C13H16FN3O/c1-13(2,3)17-12(18)8-16-11-5-4-10(14)6-9(11)7-15/h4-6,16H,8H2,1-3H3,(H,17,18). The first kappa shape index (κ1) is 14.0. The summed E-state index contributed by atoms with van der Waals surface area (Å²) in [6.07, 6.45) is 0. The summed E-state index contributed by atoms with van der Waals surface area (Å²) >= 11 is 0. The molecule has 0 saturated heterocycles. The number of carbonyl (C=O) groups is 1. The second-order valence-corrected chi connectivity index (χ2v) is 4.95. The number of benzene rings is 1. The Labute approximate surface area is 106 Å². The van der Waals surface area contributed by atoms with Crippen LogP contribution in [0.15, 0.2) is 18.2 Å². The van der Waals surface area contributed by atoms with E-state index in [1.54, 1.807) is 0 Å². The van der Waals surface area contributed by atoms with Crippen molar-refractivity contribution in [2.75, 3.05) is 11.9 Å². The number of hydrogen-bond acceptors (Lipinski definition) is 3. The molecule has 0 aliphatic heterocycles. The molecule has 0 aliphatic rings. The van der Waals surface area contributed by atoms with E-state index in [1.807, 2.05) is 26.8 Å². The van der Waals surface area contributed by atoms with E-state index in [4.69, 9.17) is 5.26 Å². The van der Waals surface area contributed by atoms with Crippen molar-refractivity contribution in [1.82, 2.24) is 5.32 Å². The first-order valence-corrected chi connectivity index (χ1v) is 5.56. The minimum Gasteiger partial charge on any atom is -0.375 e. The molecule has 1 aromatic rings. The molecule has 0 spiro atoms. The summed E-state index contributed by atoms with van der Waals surface area (Å²) in [6, 6.07) is 5.69. The molecule has 0 fully saturated rings. The molecule has 1 aromatic carbocycles. The predicted octanol–water partition coefficient (Wildman–Crippen LogP) is 2.02. The molecule has 0 radical (unpaired) electrons. The van der Waals surface area contributed by atoms with Crippen molar-refractivity contribution < 1.29 is 9.18 Å². The van der Waals surface area contributed by atoms with Crippen molar-refractivity contribution in [2.45, 2.75) is 26.3 Å². The number of nitrogens with one attached hydrogen (secondary N) is 2. The Bertz CT molecular complexity index is 486. The minimum absolute atomic E-state index is 0.0393. The lowest BCUT2D eigenvalue weighted by Gasteiger charge is -2.20. The SMILES string of the molecule is CC(C)(C)NC(=O)CNc1ccc(F)cc1C#N. The van der Waals surface area contributed by atoms with Crippen LogP contribution in [-0.4, -0.2) is 18.0 Å². The van der Waals surface area contributed by atoms with E-state index in [1.165, 1.54) is 12.1 Å². The Hall–Kier alpha value is -2.09. The molecule has 4 nitrogen and oxygen atoms in total. The van der Waals surface area contributed by atoms with Gasteiger partial charge in [-0.25, -0.2) is 4.39 Å². The fourth-order valence-electron chi connectivity index (χ4n) is 1.40. The highest BCUT2D eigenvalue weighted by Crippen LogP contribution is 2.15. The lowest BCUT2D eigenvalue weighted by Crippen LogP contribution is -2.43. The fourth-order valence-corrected chi connectivity index (χ4v) is 1.40. The normalized spacial score (nSPS) is 10.6. The van der Waals surface area contributed by atoms with Crippen LogP contribution in [0.4, 0.5) is 10.1 Å². The summed E-state index contributed by atoms with van der Waals surface area (Å²) in [4.78, 5) is 11.6. The summed E-state index contributed by atoms with van der Waals surface area (Å²) in [6.45, 7) is 5.67. The lowest BCUT2D eigenvalue weighted by molar-refractivity contribution is -0.120. The zero-order valence-electron chi connectivity index (χ0n) is 10.7. The van der Waals surface area contributed by atoms with Crippen LogP contribution in [0, 0.1) is 17.1 Å². The van der Waals surface area contributed by atoms with Crippen molar-refractivity contribution in [3.63, 3.8) is 0 Å². The molecule has 5 heteroatoms. The Morgan fingerprint density at radius 1 is 1.44 bits per heavy atom. The van der Waals surface area contributed by atoms with E-state index in [0.29, 0.717) is 5.69 Å². The largest absolute Gasteiger partial charge is 0.375 e. The highest BCUT2D eigenvalue weighted by atomic mass is 19.1. The number of rotatable bonds is 3. The molecular formula is C13H16FN3O. The van der Waals surface area contributed by atoms with Crippen LogP contribution in [-0.2, 0) is 4.79 Å². The summed E-state index contributed by atoms with van der Waals surface area (Å²) in [5, 5.41) is 14.4. The first-order chi connectivity index (χ1) is 8.31. The van der Waals surface area contributed by atoms with Crippen LogP contribution in [0.2, 0.25) is 0 Å². The molecule has 0 heterocycles. The van der Waals surface area contributed by atoms with E-state index < -0.39 is 5.82 Å². The van der Waals surface area contributed by atoms with Gasteiger partial charge in [-0.15, -0.1) is 0 Å². The fraction of sp³-hybridized carbons (Fsp3) is 0.385. The highest BCUT2D eigenvalue weighted by Gasteiger charge is 2.13. The van der Waals surface area contributed by atoms with Gasteiger partial charge in [0.25, 0.3) is 0 Å². The van der Waals surface area contributed by atoms with Crippen LogP contribution in [0.5, 0.6) is 0 Å². The maximum atomic E-state index is 12.9. The molecule has 0 aromatic heterocycles. The molecule has 0 aliphatic carbocycles. The molecule has 1 amide bonds. The Kier molecular flexibility index (Phi) is 4.27. The maximum absolute atomic E-state index is 12.9. The van der Waals surface area contributed by atoms with Gasteiger partial charge < -0.3 is 10.6 Å². The average molecular weight is 249 g/mol. The van der Waals surface area contributed by atoms with Gasteiger partial charge in [0, 0.05) is 5.54 Å².